The Kier molecular flexibility index (Phi) is 3.17. The maximum atomic E-state index is 12.0. The van der Waals surface area contributed by atoms with Gasteiger partial charge in [-0.2, -0.15) is 0 Å². The molecule has 2 atom stereocenters. The third kappa shape index (κ3) is 2.44. The van der Waals surface area contributed by atoms with Gasteiger partial charge >= 0.3 is 0 Å². The normalized spacial score (nSPS) is 25.7. The zero-order valence-electron chi connectivity index (χ0n) is 9.12. The van der Waals surface area contributed by atoms with Crippen LogP contribution in [0.25, 0.3) is 0 Å². The van der Waals surface area contributed by atoms with Crippen LogP contribution in [0.3, 0.4) is 0 Å². The Morgan fingerprint density at radius 2 is 2.47 bits per heavy atom. The van der Waals surface area contributed by atoms with E-state index >= 15 is 0 Å². The topological polar surface area (TPSA) is 42.0 Å². The molecule has 1 aromatic heterocycles. The molecule has 0 amide bonds. The first-order valence-corrected chi connectivity index (χ1v) is 6.19. The summed E-state index contributed by atoms with van der Waals surface area (Å²) in [4.78, 5) is 16.3. The summed E-state index contributed by atoms with van der Waals surface area (Å²) in [5, 5.41) is 6.21. The number of carbonyl (C=O) groups is 1. The Hall–Kier alpha value is -0.740. The van der Waals surface area contributed by atoms with Gasteiger partial charge in [0, 0.05) is 23.5 Å². The molecule has 0 aliphatic carbocycles. The molecule has 0 saturated carbocycles. The maximum Gasteiger partial charge on any atom is 0.144 e. The van der Waals surface area contributed by atoms with E-state index in [2.05, 4.69) is 17.2 Å². The monoisotopic (exact) mass is 224 g/mol. The van der Waals surface area contributed by atoms with Crippen molar-refractivity contribution in [1.29, 1.82) is 0 Å². The Bertz CT molecular complexity index is 361. The molecular weight excluding hydrogens is 208 g/mol. The summed E-state index contributed by atoms with van der Waals surface area (Å²) in [6.45, 7) is 5.90. The largest absolute Gasteiger partial charge is 0.316 e. The van der Waals surface area contributed by atoms with Gasteiger partial charge in [0.2, 0.25) is 0 Å². The van der Waals surface area contributed by atoms with Gasteiger partial charge in [0.25, 0.3) is 0 Å². The first-order chi connectivity index (χ1) is 7.16. The molecule has 1 aliphatic rings. The number of aryl methyl sites for hydroxylation is 1. The highest BCUT2D eigenvalue weighted by atomic mass is 32.1. The second-order valence-electron chi connectivity index (χ2n) is 4.27. The van der Waals surface area contributed by atoms with Crippen molar-refractivity contribution in [1.82, 2.24) is 10.3 Å². The average molecular weight is 224 g/mol. The van der Waals surface area contributed by atoms with Crippen LogP contribution in [-0.2, 0) is 11.2 Å². The maximum absolute atomic E-state index is 12.0. The van der Waals surface area contributed by atoms with Gasteiger partial charge in [-0.05, 0) is 19.4 Å². The molecule has 1 aromatic rings. The predicted molar refractivity (Wildman–Crippen MR) is 61.1 cm³/mol. The van der Waals surface area contributed by atoms with Gasteiger partial charge in [-0.1, -0.05) is 6.92 Å². The van der Waals surface area contributed by atoms with Crippen molar-refractivity contribution in [3.8, 4) is 0 Å². The van der Waals surface area contributed by atoms with E-state index in [4.69, 9.17) is 0 Å². The summed E-state index contributed by atoms with van der Waals surface area (Å²) in [5.74, 6) is 0.995. The molecule has 1 aliphatic heterocycles. The van der Waals surface area contributed by atoms with Gasteiger partial charge in [-0.25, -0.2) is 4.98 Å². The molecule has 2 rings (SSSR count). The van der Waals surface area contributed by atoms with Crippen LogP contribution in [0.15, 0.2) is 5.38 Å². The molecule has 15 heavy (non-hydrogen) atoms. The number of nitrogens with one attached hydrogen (secondary N) is 1. The van der Waals surface area contributed by atoms with Crippen LogP contribution in [0.1, 0.15) is 17.6 Å². The van der Waals surface area contributed by atoms with E-state index in [-0.39, 0.29) is 5.92 Å². The van der Waals surface area contributed by atoms with E-state index in [0.29, 0.717) is 18.1 Å². The van der Waals surface area contributed by atoms with Gasteiger partial charge in [0.05, 0.1) is 6.42 Å². The Morgan fingerprint density at radius 3 is 3.00 bits per heavy atom. The predicted octanol–water partition coefficient (Wildman–Crippen LogP) is 1.42. The molecule has 0 bridgehead atoms. The lowest BCUT2D eigenvalue weighted by Crippen LogP contribution is -2.23. The van der Waals surface area contributed by atoms with Crippen LogP contribution in [0.2, 0.25) is 0 Å². The molecule has 3 nitrogen and oxygen atoms in total. The summed E-state index contributed by atoms with van der Waals surface area (Å²) in [6, 6.07) is 0. The molecule has 1 saturated heterocycles. The molecule has 0 spiro atoms. The number of ketones is 1. The number of hydrogen-bond acceptors (Lipinski definition) is 4. The van der Waals surface area contributed by atoms with Crippen LogP contribution in [0.5, 0.6) is 0 Å². The molecule has 4 heteroatoms. The minimum Gasteiger partial charge on any atom is -0.316 e. The quantitative estimate of drug-likeness (QED) is 0.844. The van der Waals surface area contributed by atoms with Crippen molar-refractivity contribution in [2.75, 3.05) is 13.1 Å². The first kappa shape index (κ1) is 10.8. The van der Waals surface area contributed by atoms with E-state index < -0.39 is 0 Å². The van der Waals surface area contributed by atoms with Crippen LogP contribution in [0.4, 0.5) is 0 Å². The Balaban J connectivity index is 1.97. The van der Waals surface area contributed by atoms with Gasteiger partial charge in [-0.15, -0.1) is 11.3 Å². The number of aromatic nitrogens is 1. The van der Waals surface area contributed by atoms with Crippen molar-refractivity contribution < 1.29 is 4.79 Å². The van der Waals surface area contributed by atoms with Crippen molar-refractivity contribution in [2.45, 2.75) is 20.3 Å². The fourth-order valence-electron chi connectivity index (χ4n) is 2.01. The van der Waals surface area contributed by atoms with Gasteiger partial charge in [0.15, 0.2) is 0 Å². The van der Waals surface area contributed by atoms with Crippen LogP contribution >= 0.6 is 11.3 Å². The van der Waals surface area contributed by atoms with Crippen LogP contribution < -0.4 is 5.32 Å². The van der Waals surface area contributed by atoms with Crippen LogP contribution in [-0.4, -0.2) is 23.9 Å². The Morgan fingerprint density at radius 1 is 1.67 bits per heavy atom. The van der Waals surface area contributed by atoms with E-state index in [1.54, 1.807) is 11.3 Å². The molecule has 1 N–H and O–H groups in total. The van der Waals surface area contributed by atoms with Gasteiger partial charge < -0.3 is 5.32 Å². The first-order valence-electron chi connectivity index (χ1n) is 5.31. The molecule has 2 unspecified atom stereocenters. The second-order valence-corrected chi connectivity index (χ2v) is 5.21. The van der Waals surface area contributed by atoms with E-state index in [0.717, 1.165) is 23.8 Å². The van der Waals surface area contributed by atoms with Crippen LogP contribution in [0, 0.1) is 18.8 Å². The zero-order chi connectivity index (χ0) is 10.8. The molecule has 0 aromatic carbocycles. The summed E-state index contributed by atoms with van der Waals surface area (Å²) in [6.07, 6.45) is 0.509. The Labute approximate surface area is 93.9 Å². The number of carbonyl (C=O) groups excluding carboxylic acids is 1. The lowest BCUT2D eigenvalue weighted by molar-refractivity contribution is -0.122. The van der Waals surface area contributed by atoms with E-state index in [1.165, 1.54) is 0 Å². The minimum absolute atomic E-state index is 0.189. The average Bonchev–Trinajstić information content (AvgIpc) is 2.75. The molecule has 1 fully saturated rings. The lowest BCUT2D eigenvalue weighted by Gasteiger charge is -2.11. The highest BCUT2D eigenvalue weighted by Gasteiger charge is 2.29. The second kappa shape index (κ2) is 4.41. The number of hydrogen-bond donors (Lipinski definition) is 1. The summed E-state index contributed by atoms with van der Waals surface area (Å²) < 4.78 is 0. The van der Waals surface area contributed by atoms with Crippen molar-refractivity contribution in [3.63, 3.8) is 0 Å². The fraction of sp³-hybridized carbons (Fsp3) is 0.636. The molecule has 0 radical (unpaired) electrons. The third-order valence-corrected chi connectivity index (χ3v) is 3.89. The number of Topliss-reactive ketones (excluding diaryl/α,β-unsaturated/α-hetero) is 1. The van der Waals surface area contributed by atoms with E-state index in [1.807, 2.05) is 12.3 Å². The van der Waals surface area contributed by atoms with Gasteiger partial charge in [0.1, 0.15) is 10.8 Å². The van der Waals surface area contributed by atoms with E-state index in [9.17, 15) is 4.79 Å². The summed E-state index contributed by atoms with van der Waals surface area (Å²) in [5.41, 5.74) is 1.01. The number of thiazole rings is 1. The SMILES string of the molecule is Cc1csc(CC(=O)C2CNCC2C)n1. The van der Waals surface area contributed by atoms with Crippen molar-refractivity contribution >= 4 is 17.1 Å². The lowest BCUT2D eigenvalue weighted by atomic mass is 9.92. The van der Waals surface area contributed by atoms with Gasteiger partial charge in [-0.3, -0.25) is 4.79 Å². The fourth-order valence-corrected chi connectivity index (χ4v) is 2.79. The summed E-state index contributed by atoms with van der Waals surface area (Å²) >= 11 is 1.59. The highest BCUT2D eigenvalue weighted by Crippen LogP contribution is 2.20. The zero-order valence-corrected chi connectivity index (χ0v) is 9.93. The molecule has 82 valence electrons. The molecule has 2 heterocycles. The smallest absolute Gasteiger partial charge is 0.144 e. The number of rotatable bonds is 3. The number of nitrogens with zero attached hydrogens (tertiary/aromatic N) is 1. The third-order valence-electron chi connectivity index (χ3n) is 2.92. The standard InChI is InChI=1S/C11H16N2OS/c1-7-4-12-5-9(7)10(14)3-11-13-8(2)6-15-11/h6-7,9,12H,3-5H2,1-2H3. The van der Waals surface area contributed by atoms with Crippen molar-refractivity contribution in [2.24, 2.45) is 11.8 Å². The minimum atomic E-state index is 0.189. The molecular formula is C11H16N2OS. The summed E-state index contributed by atoms with van der Waals surface area (Å²) in [7, 11) is 0. The van der Waals surface area contributed by atoms with Crippen molar-refractivity contribution in [3.05, 3.63) is 16.1 Å². The highest BCUT2D eigenvalue weighted by molar-refractivity contribution is 7.09.